The molecule has 5 nitrogen and oxygen atoms in total. The molecule has 0 spiro atoms. The third kappa shape index (κ3) is 2.93. The minimum atomic E-state index is 0.0463. The second-order valence-corrected chi connectivity index (χ2v) is 7.06. The Morgan fingerprint density at radius 3 is 2.88 bits per heavy atom. The molecule has 1 saturated carbocycles. The van der Waals surface area contributed by atoms with Crippen LogP contribution in [0, 0.1) is 0 Å². The first kappa shape index (κ1) is 15.6. The highest BCUT2D eigenvalue weighted by Gasteiger charge is 2.21. The zero-order chi connectivity index (χ0) is 16.5. The summed E-state index contributed by atoms with van der Waals surface area (Å²) in [7, 11) is 0. The van der Waals surface area contributed by atoms with E-state index in [1.165, 1.54) is 19.3 Å². The van der Waals surface area contributed by atoms with Crippen LogP contribution in [0.25, 0.3) is 11.0 Å². The third-order valence-electron chi connectivity index (χ3n) is 5.48. The van der Waals surface area contributed by atoms with Crippen molar-refractivity contribution in [2.24, 2.45) is 0 Å². The number of nitrogens with one attached hydrogen (secondary N) is 1. The van der Waals surface area contributed by atoms with Gasteiger partial charge in [0.05, 0.1) is 17.6 Å². The highest BCUT2D eigenvalue weighted by Crippen LogP contribution is 2.23. The third-order valence-corrected chi connectivity index (χ3v) is 5.48. The van der Waals surface area contributed by atoms with Crippen molar-refractivity contribution in [3.8, 4) is 0 Å². The zero-order valence-electron chi connectivity index (χ0n) is 14.4. The molecule has 1 amide bonds. The van der Waals surface area contributed by atoms with Crippen LogP contribution >= 0.6 is 0 Å². The molecule has 1 aliphatic heterocycles. The minimum Gasteiger partial charge on any atom is -0.349 e. The van der Waals surface area contributed by atoms with Crippen molar-refractivity contribution in [3.05, 3.63) is 29.6 Å². The summed E-state index contributed by atoms with van der Waals surface area (Å²) in [5.74, 6) is 1.16. The van der Waals surface area contributed by atoms with Crippen LogP contribution in [0.2, 0.25) is 0 Å². The van der Waals surface area contributed by atoms with Gasteiger partial charge in [0.1, 0.15) is 5.82 Å². The number of aromatic nitrogens is 2. The number of hydrogen-bond acceptors (Lipinski definition) is 3. The van der Waals surface area contributed by atoms with Gasteiger partial charge in [0.15, 0.2) is 0 Å². The number of benzene rings is 1. The fourth-order valence-electron chi connectivity index (χ4n) is 4.00. The number of carbonyl (C=O) groups excluding carboxylic acids is 1. The number of fused-ring (bicyclic) bond motifs is 3. The maximum Gasteiger partial charge on any atom is 0.251 e. The van der Waals surface area contributed by atoms with Gasteiger partial charge in [0.2, 0.25) is 0 Å². The number of carbonyl (C=O) groups is 1. The summed E-state index contributed by atoms with van der Waals surface area (Å²) in [5, 5.41) is 3.20. The molecule has 0 bridgehead atoms. The number of likely N-dealkylation sites (N-methyl/N-ethyl adjacent to an activating group) is 1. The van der Waals surface area contributed by atoms with Gasteiger partial charge in [-0.25, -0.2) is 4.98 Å². The summed E-state index contributed by atoms with van der Waals surface area (Å²) < 4.78 is 2.30. The maximum absolute atomic E-state index is 12.5. The van der Waals surface area contributed by atoms with E-state index in [4.69, 9.17) is 4.98 Å². The number of rotatable bonds is 3. The quantitative estimate of drug-likeness (QED) is 0.943. The molecule has 0 saturated heterocycles. The SMILES string of the molecule is CCN1CCn2c(nc3cc(C(=O)NC4CCCCC4)ccc32)C1. The highest BCUT2D eigenvalue weighted by atomic mass is 16.1. The molecule has 4 rings (SSSR count). The van der Waals surface area contributed by atoms with Gasteiger partial charge < -0.3 is 9.88 Å². The molecule has 0 atom stereocenters. The first-order valence-corrected chi connectivity index (χ1v) is 9.27. The van der Waals surface area contributed by atoms with Crippen LogP contribution in [-0.4, -0.2) is 39.5 Å². The van der Waals surface area contributed by atoms with Gasteiger partial charge in [-0.2, -0.15) is 0 Å². The molecule has 1 aromatic heterocycles. The molecular weight excluding hydrogens is 300 g/mol. The van der Waals surface area contributed by atoms with Gasteiger partial charge in [-0.15, -0.1) is 0 Å². The van der Waals surface area contributed by atoms with E-state index in [1.807, 2.05) is 12.1 Å². The van der Waals surface area contributed by atoms with Crippen LogP contribution in [0.5, 0.6) is 0 Å². The summed E-state index contributed by atoms with van der Waals surface area (Å²) in [5.41, 5.74) is 2.82. The van der Waals surface area contributed by atoms with Gasteiger partial charge in [0, 0.05) is 24.7 Å². The van der Waals surface area contributed by atoms with E-state index >= 15 is 0 Å². The summed E-state index contributed by atoms with van der Waals surface area (Å²) in [4.78, 5) is 19.7. The predicted molar refractivity (Wildman–Crippen MR) is 95.0 cm³/mol. The van der Waals surface area contributed by atoms with Crippen LogP contribution in [0.3, 0.4) is 0 Å². The summed E-state index contributed by atoms with van der Waals surface area (Å²) in [6, 6.07) is 6.30. The molecule has 1 aliphatic carbocycles. The average Bonchev–Trinajstić information content (AvgIpc) is 2.99. The Kier molecular flexibility index (Phi) is 4.27. The molecular formula is C19H26N4O. The second-order valence-electron chi connectivity index (χ2n) is 7.06. The van der Waals surface area contributed by atoms with Crippen LogP contribution in [0.1, 0.15) is 55.2 Å². The van der Waals surface area contributed by atoms with Crippen molar-refractivity contribution >= 4 is 16.9 Å². The lowest BCUT2D eigenvalue weighted by molar-refractivity contribution is 0.0928. The van der Waals surface area contributed by atoms with Gasteiger partial charge in [-0.1, -0.05) is 26.2 Å². The number of hydrogen-bond donors (Lipinski definition) is 1. The number of nitrogens with zero attached hydrogens (tertiary/aromatic N) is 3. The van der Waals surface area contributed by atoms with Gasteiger partial charge in [-0.3, -0.25) is 9.69 Å². The Hall–Kier alpha value is -1.88. The summed E-state index contributed by atoms with van der Waals surface area (Å²) in [6.07, 6.45) is 5.98. The Morgan fingerprint density at radius 2 is 2.08 bits per heavy atom. The second kappa shape index (κ2) is 6.55. The average molecular weight is 326 g/mol. The van der Waals surface area contributed by atoms with E-state index < -0.39 is 0 Å². The molecule has 0 radical (unpaired) electrons. The molecule has 1 aromatic carbocycles. The largest absolute Gasteiger partial charge is 0.349 e. The van der Waals surface area contributed by atoms with Crippen LogP contribution in [0.15, 0.2) is 18.2 Å². The maximum atomic E-state index is 12.5. The lowest BCUT2D eigenvalue weighted by atomic mass is 9.95. The van der Waals surface area contributed by atoms with Crippen molar-refractivity contribution in [3.63, 3.8) is 0 Å². The van der Waals surface area contributed by atoms with Crippen LogP contribution < -0.4 is 5.32 Å². The Labute approximate surface area is 143 Å². The molecule has 1 N–H and O–H groups in total. The monoisotopic (exact) mass is 326 g/mol. The standard InChI is InChI=1S/C19H26N4O/c1-2-22-10-11-23-17-9-8-14(12-16(17)21-18(23)13-22)19(24)20-15-6-4-3-5-7-15/h8-9,12,15H,2-7,10-11,13H2,1H3,(H,20,24). The lowest BCUT2D eigenvalue weighted by Gasteiger charge is -2.26. The van der Waals surface area contributed by atoms with E-state index in [-0.39, 0.29) is 5.91 Å². The molecule has 128 valence electrons. The molecule has 2 heterocycles. The minimum absolute atomic E-state index is 0.0463. The predicted octanol–water partition coefficient (Wildman–Crippen LogP) is 2.93. The van der Waals surface area contributed by atoms with Crippen molar-refractivity contribution in [2.75, 3.05) is 13.1 Å². The van der Waals surface area contributed by atoms with Gasteiger partial charge >= 0.3 is 0 Å². The van der Waals surface area contributed by atoms with E-state index in [0.29, 0.717) is 6.04 Å². The smallest absolute Gasteiger partial charge is 0.251 e. The van der Waals surface area contributed by atoms with Crippen molar-refractivity contribution < 1.29 is 4.79 Å². The van der Waals surface area contributed by atoms with E-state index in [0.717, 1.165) is 61.4 Å². The van der Waals surface area contributed by atoms with E-state index in [2.05, 4.69) is 27.8 Å². The highest BCUT2D eigenvalue weighted by molar-refractivity contribution is 5.97. The first-order chi connectivity index (χ1) is 11.7. The lowest BCUT2D eigenvalue weighted by Crippen LogP contribution is -2.36. The molecule has 2 aliphatic rings. The number of amides is 1. The van der Waals surface area contributed by atoms with Crippen molar-refractivity contribution in [1.29, 1.82) is 0 Å². The molecule has 0 unspecified atom stereocenters. The van der Waals surface area contributed by atoms with E-state index in [1.54, 1.807) is 0 Å². The van der Waals surface area contributed by atoms with Crippen molar-refractivity contribution in [2.45, 2.75) is 58.2 Å². The van der Waals surface area contributed by atoms with Crippen LogP contribution in [0.4, 0.5) is 0 Å². The molecule has 1 fully saturated rings. The number of imidazole rings is 1. The first-order valence-electron chi connectivity index (χ1n) is 9.27. The summed E-state index contributed by atoms with van der Waals surface area (Å²) >= 11 is 0. The molecule has 24 heavy (non-hydrogen) atoms. The van der Waals surface area contributed by atoms with Gasteiger partial charge in [0.25, 0.3) is 5.91 Å². The fourth-order valence-corrected chi connectivity index (χ4v) is 4.00. The Balaban J connectivity index is 1.56. The normalized spacial score (nSPS) is 19.4. The molecule has 2 aromatic rings. The van der Waals surface area contributed by atoms with E-state index in [9.17, 15) is 4.79 Å². The van der Waals surface area contributed by atoms with Gasteiger partial charge in [-0.05, 0) is 37.6 Å². The van der Waals surface area contributed by atoms with Crippen LogP contribution in [-0.2, 0) is 13.1 Å². The zero-order valence-corrected chi connectivity index (χ0v) is 14.4. The Bertz CT molecular complexity index is 745. The topological polar surface area (TPSA) is 50.2 Å². The Morgan fingerprint density at radius 1 is 1.25 bits per heavy atom. The summed E-state index contributed by atoms with van der Waals surface area (Å²) in [6.45, 7) is 6.19. The molecule has 5 heteroatoms. The van der Waals surface area contributed by atoms with Crippen molar-refractivity contribution in [1.82, 2.24) is 19.8 Å². The fraction of sp³-hybridized carbons (Fsp3) is 0.579.